The summed E-state index contributed by atoms with van der Waals surface area (Å²) in [7, 11) is 1.68. The number of amides is 1. The second-order valence-corrected chi connectivity index (χ2v) is 6.33. The number of carbonyl (C=O) groups is 1. The van der Waals surface area contributed by atoms with Gasteiger partial charge < -0.3 is 15.4 Å². The second kappa shape index (κ2) is 7.85. The minimum atomic E-state index is 0.149. The molecule has 2 N–H and O–H groups in total. The zero-order valence-corrected chi connectivity index (χ0v) is 12.9. The lowest BCUT2D eigenvalue weighted by atomic mass is 9.77. The van der Waals surface area contributed by atoms with Gasteiger partial charge in [-0.3, -0.25) is 4.79 Å². The highest BCUT2D eigenvalue weighted by molar-refractivity contribution is 5.79. The van der Waals surface area contributed by atoms with Crippen LogP contribution in [0.25, 0.3) is 0 Å². The SMILES string of the molecule is COCCN(CC(C)C)C(=O)C1CCC(N)CC1C. The molecule has 0 aromatic carbocycles. The van der Waals surface area contributed by atoms with Crippen LogP contribution in [0.15, 0.2) is 0 Å². The van der Waals surface area contributed by atoms with Crippen LogP contribution in [0, 0.1) is 17.8 Å². The van der Waals surface area contributed by atoms with Gasteiger partial charge in [-0.1, -0.05) is 20.8 Å². The Hall–Kier alpha value is -0.610. The molecule has 112 valence electrons. The number of nitrogens with two attached hydrogens (primary N) is 1. The normalized spacial score (nSPS) is 27.6. The number of ether oxygens (including phenoxy) is 1. The molecule has 0 aromatic rings. The molecular formula is C15H30N2O2. The average Bonchev–Trinajstić information content (AvgIpc) is 2.33. The number of hydrogen-bond donors (Lipinski definition) is 1. The lowest BCUT2D eigenvalue weighted by Crippen LogP contribution is -2.45. The number of rotatable bonds is 6. The van der Waals surface area contributed by atoms with Gasteiger partial charge in [-0.05, 0) is 31.1 Å². The van der Waals surface area contributed by atoms with E-state index in [1.54, 1.807) is 7.11 Å². The van der Waals surface area contributed by atoms with Crippen molar-refractivity contribution >= 4 is 5.91 Å². The van der Waals surface area contributed by atoms with Crippen molar-refractivity contribution in [1.29, 1.82) is 0 Å². The molecule has 3 unspecified atom stereocenters. The summed E-state index contributed by atoms with van der Waals surface area (Å²) >= 11 is 0. The first kappa shape index (κ1) is 16.4. The Kier molecular flexibility index (Phi) is 6.80. The molecule has 19 heavy (non-hydrogen) atoms. The maximum absolute atomic E-state index is 12.7. The van der Waals surface area contributed by atoms with Gasteiger partial charge in [0.25, 0.3) is 0 Å². The van der Waals surface area contributed by atoms with Gasteiger partial charge in [0.05, 0.1) is 6.61 Å². The molecule has 1 aliphatic carbocycles. The molecule has 0 bridgehead atoms. The third-order valence-electron chi connectivity index (χ3n) is 3.99. The highest BCUT2D eigenvalue weighted by Crippen LogP contribution is 2.30. The first-order chi connectivity index (χ1) is 8.95. The van der Waals surface area contributed by atoms with E-state index < -0.39 is 0 Å². The number of methoxy groups -OCH3 is 1. The molecule has 0 aromatic heterocycles. The van der Waals surface area contributed by atoms with Crippen molar-refractivity contribution < 1.29 is 9.53 Å². The Bertz CT molecular complexity index is 281. The quantitative estimate of drug-likeness (QED) is 0.802. The van der Waals surface area contributed by atoms with E-state index in [0.717, 1.165) is 25.8 Å². The van der Waals surface area contributed by atoms with Gasteiger partial charge >= 0.3 is 0 Å². The first-order valence-corrected chi connectivity index (χ1v) is 7.49. The Balaban J connectivity index is 2.63. The monoisotopic (exact) mass is 270 g/mol. The number of hydrogen-bond acceptors (Lipinski definition) is 3. The third kappa shape index (κ3) is 5.11. The summed E-state index contributed by atoms with van der Waals surface area (Å²) in [5.74, 6) is 1.33. The van der Waals surface area contributed by atoms with Gasteiger partial charge in [0, 0.05) is 32.2 Å². The molecule has 4 heteroatoms. The second-order valence-electron chi connectivity index (χ2n) is 6.33. The molecular weight excluding hydrogens is 240 g/mol. The molecule has 0 aliphatic heterocycles. The first-order valence-electron chi connectivity index (χ1n) is 7.49. The predicted molar refractivity (Wildman–Crippen MR) is 77.8 cm³/mol. The van der Waals surface area contributed by atoms with Crippen molar-refractivity contribution in [1.82, 2.24) is 4.90 Å². The topological polar surface area (TPSA) is 55.6 Å². The van der Waals surface area contributed by atoms with Crippen molar-refractivity contribution in [3.05, 3.63) is 0 Å². The molecule has 0 saturated heterocycles. The van der Waals surface area contributed by atoms with Gasteiger partial charge in [0.2, 0.25) is 5.91 Å². The Labute approximate surface area is 117 Å². The van der Waals surface area contributed by atoms with Gasteiger partial charge in [0.15, 0.2) is 0 Å². The molecule has 0 spiro atoms. The molecule has 1 aliphatic rings. The van der Waals surface area contributed by atoms with Crippen LogP contribution in [-0.2, 0) is 9.53 Å². The van der Waals surface area contributed by atoms with Crippen LogP contribution in [0.2, 0.25) is 0 Å². The molecule has 0 radical (unpaired) electrons. The Morgan fingerprint density at radius 3 is 2.63 bits per heavy atom. The van der Waals surface area contributed by atoms with Crippen molar-refractivity contribution in [3.8, 4) is 0 Å². The van der Waals surface area contributed by atoms with Crippen molar-refractivity contribution in [3.63, 3.8) is 0 Å². The maximum Gasteiger partial charge on any atom is 0.226 e. The average molecular weight is 270 g/mol. The fourth-order valence-corrected chi connectivity index (χ4v) is 2.97. The Morgan fingerprint density at radius 1 is 1.42 bits per heavy atom. The highest BCUT2D eigenvalue weighted by Gasteiger charge is 2.33. The van der Waals surface area contributed by atoms with E-state index in [1.165, 1.54) is 0 Å². The van der Waals surface area contributed by atoms with E-state index in [-0.39, 0.29) is 12.0 Å². The molecule has 3 atom stereocenters. The molecule has 1 amide bonds. The van der Waals surface area contributed by atoms with Gasteiger partial charge in [-0.15, -0.1) is 0 Å². The number of carbonyl (C=O) groups excluding carboxylic acids is 1. The molecule has 1 saturated carbocycles. The summed E-state index contributed by atoms with van der Waals surface area (Å²) in [5, 5.41) is 0. The summed E-state index contributed by atoms with van der Waals surface area (Å²) in [4.78, 5) is 14.7. The van der Waals surface area contributed by atoms with E-state index in [1.807, 2.05) is 4.90 Å². The molecule has 0 heterocycles. The lowest BCUT2D eigenvalue weighted by Gasteiger charge is -2.35. The molecule has 4 nitrogen and oxygen atoms in total. The fraction of sp³-hybridized carbons (Fsp3) is 0.933. The van der Waals surface area contributed by atoms with Gasteiger partial charge in [-0.2, -0.15) is 0 Å². The van der Waals surface area contributed by atoms with Crippen LogP contribution >= 0.6 is 0 Å². The van der Waals surface area contributed by atoms with Crippen LogP contribution in [0.4, 0.5) is 0 Å². The summed E-state index contributed by atoms with van der Waals surface area (Å²) in [6.07, 6.45) is 2.87. The summed E-state index contributed by atoms with van der Waals surface area (Å²) in [6.45, 7) is 8.57. The van der Waals surface area contributed by atoms with Crippen LogP contribution in [0.5, 0.6) is 0 Å². The van der Waals surface area contributed by atoms with Crippen molar-refractivity contribution in [2.45, 2.75) is 46.1 Å². The van der Waals surface area contributed by atoms with Crippen LogP contribution in [0.1, 0.15) is 40.0 Å². The zero-order valence-electron chi connectivity index (χ0n) is 12.9. The maximum atomic E-state index is 12.7. The van der Waals surface area contributed by atoms with E-state index >= 15 is 0 Å². The zero-order chi connectivity index (χ0) is 14.4. The standard InChI is InChI=1S/C15H30N2O2/c1-11(2)10-17(7-8-19-4)15(18)14-6-5-13(16)9-12(14)3/h11-14H,5-10,16H2,1-4H3. The predicted octanol–water partition coefficient (Wildman–Crippen LogP) is 1.88. The van der Waals surface area contributed by atoms with E-state index in [2.05, 4.69) is 20.8 Å². The summed E-state index contributed by atoms with van der Waals surface area (Å²) < 4.78 is 5.12. The van der Waals surface area contributed by atoms with Crippen LogP contribution in [-0.4, -0.2) is 43.7 Å². The smallest absolute Gasteiger partial charge is 0.226 e. The van der Waals surface area contributed by atoms with Gasteiger partial charge in [0.1, 0.15) is 0 Å². The van der Waals surface area contributed by atoms with Gasteiger partial charge in [-0.25, -0.2) is 0 Å². The summed E-state index contributed by atoms with van der Waals surface area (Å²) in [6, 6.07) is 0.275. The van der Waals surface area contributed by atoms with Crippen molar-refractivity contribution in [2.75, 3.05) is 26.8 Å². The minimum Gasteiger partial charge on any atom is -0.383 e. The van der Waals surface area contributed by atoms with E-state index in [4.69, 9.17) is 10.5 Å². The number of nitrogens with zero attached hydrogens (tertiary/aromatic N) is 1. The van der Waals surface area contributed by atoms with E-state index in [0.29, 0.717) is 30.9 Å². The fourth-order valence-electron chi connectivity index (χ4n) is 2.97. The third-order valence-corrected chi connectivity index (χ3v) is 3.99. The molecule has 1 rings (SSSR count). The van der Waals surface area contributed by atoms with Crippen LogP contribution in [0.3, 0.4) is 0 Å². The minimum absolute atomic E-state index is 0.149. The lowest BCUT2D eigenvalue weighted by molar-refractivity contribution is -0.139. The Morgan fingerprint density at radius 2 is 2.11 bits per heavy atom. The summed E-state index contributed by atoms with van der Waals surface area (Å²) in [5.41, 5.74) is 5.98. The molecule has 1 fully saturated rings. The van der Waals surface area contributed by atoms with Crippen molar-refractivity contribution in [2.24, 2.45) is 23.5 Å². The highest BCUT2D eigenvalue weighted by atomic mass is 16.5. The van der Waals surface area contributed by atoms with E-state index in [9.17, 15) is 4.79 Å². The van der Waals surface area contributed by atoms with Crippen LogP contribution < -0.4 is 5.73 Å². The largest absolute Gasteiger partial charge is 0.383 e.